The minimum Gasteiger partial charge on any atom is -0.449 e. The highest BCUT2D eigenvalue weighted by Crippen LogP contribution is 2.14. The summed E-state index contributed by atoms with van der Waals surface area (Å²) >= 11 is 0. The third-order valence-corrected chi connectivity index (χ3v) is 5.37. The lowest BCUT2D eigenvalue weighted by Crippen LogP contribution is -2.35. The topological polar surface area (TPSA) is 111 Å². The molecular formula is C17H24N2O6S. The summed E-state index contributed by atoms with van der Waals surface area (Å²) in [7, 11) is -3.68. The third kappa shape index (κ3) is 5.52. The molecule has 1 aliphatic rings. The quantitative estimate of drug-likeness (QED) is 0.642. The number of hydrogen-bond acceptors (Lipinski definition) is 6. The van der Waals surface area contributed by atoms with Gasteiger partial charge in [0.15, 0.2) is 6.10 Å². The van der Waals surface area contributed by atoms with Gasteiger partial charge in [0.05, 0.1) is 16.6 Å². The molecular weight excluding hydrogens is 360 g/mol. The van der Waals surface area contributed by atoms with E-state index in [9.17, 15) is 18.0 Å². The predicted octanol–water partition coefficient (Wildman–Crippen LogP) is 0.825. The van der Waals surface area contributed by atoms with Crippen LogP contribution in [0.2, 0.25) is 0 Å². The van der Waals surface area contributed by atoms with Gasteiger partial charge in [-0.1, -0.05) is 0 Å². The van der Waals surface area contributed by atoms with E-state index in [0.717, 1.165) is 12.8 Å². The van der Waals surface area contributed by atoms with Crippen molar-refractivity contribution >= 4 is 21.9 Å². The summed E-state index contributed by atoms with van der Waals surface area (Å²) in [5.74, 6) is -1.08. The zero-order valence-corrected chi connectivity index (χ0v) is 15.7. The molecule has 1 amide bonds. The van der Waals surface area contributed by atoms with Crippen LogP contribution >= 0.6 is 0 Å². The van der Waals surface area contributed by atoms with Gasteiger partial charge in [0, 0.05) is 19.7 Å². The number of ether oxygens (including phenoxy) is 2. The number of hydrogen-bond donors (Lipinski definition) is 2. The van der Waals surface area contributed by atoms with Gasteiger partial charge < -0.3 is 14.8 Å². The maximum atomic E-state index is 12.3. The summed E-state index contributed by atoms with van der Waals surface area (Å²) in [6, 6.07) is 5.36. The number of amides is 1. The van der Waals surface area contributed by atoms with E-state index in [4.69, 9.17) is 9.47 Å². The van der Waals surface area contributed by atoms with Crippen LogP contribution in [0.25, 0.3) is 0 Å². The van der Waals surface area contributed by atoms with Gasteiger partial charge in [-0.3, -0.25) is 4.79 Å². The molecule has 2 rings (SSSR count). The molecule has 0 saturated carbocycles. The number of carbonyl (C=O) groups excluding carboxylic acids is 2. The van der Waals surface area contributed by atoms with Crippen molar-refractivity contribution in [3.63, 3.8) is 0 Å². The van der Waals surface area contributed by atoms with Crippen LogP contribution in [0.4, 0.5) is 0 Å². The summed E-state index contributed by atoms with van der Waals surface area (Å²) < 4.78 is 37.5. The molecule has 9 heteroatoms. The molecule has 2 atom stereocenters. The fraction of sp³-hybridized carbons (Fsp3) is 0.529. The van der Waals surface area contributed by atoms with Gasteiger partial charge in [-0.15, -0.1) is 0 Å². The number of carbonyl (C=O) groups is 2. The van der Waals surface area contributed by atoms with Gasteiger partial charge in [0.2, 0.25) is 10.0 Å². The van der Waals surface area contributed by atoms with Gasteiger partial charge in [0.25, 0.3) is 5.91 Å². The molecule has 1 aliphatic heterocycles. The molecule has 0 bridgehead atoms. The highest BCUT2D eigenvalue weighted by Gasteiger charge is 2.22. The normalized spacial score (nSPS) is 18.3. The number of rotatable bonds is 8. The monoisotopic (exact) mass is 384 g/mol. The Balaban J connectivity index is 1.95. The second-order valence-corrected chi connectivity index (χ2v) is 7.72. The van der Waals surface area contributed by atoms with Crippen LogP contribution in [0.3, 0.4) is 0 Å². The maximum absolute atomic E-state index is 12.3. The van der Waals surface area contributed by atoms with Crippen LogP contribution in [0, 0.1) is 0 Å². The van der Waals surface area contributed by atoms with Crippen molar-refractivity contribution < 1.29 is 27.5 Å². The molecule has 0 aliphatic carbocycles. The Morgan fingerprint density at radius 1 is 1.31 bits per heavy atom. The van der Waals surface area contributed by atoms with Crippen molar-refractivity contribution in [3.05, 3.63) is 29.8 Å². The van der Waals surface area contributed by atoms with Crippen LogP contribution < -0.4 is 10.0 Å². The Morgan fingerprint density at radius 2 is 2.00 bits per heavy atom. The highest BCUT2D eigenvalue weighted by molar-refractivity contribution is 7.89. The lowest BCUT2D eigenvalue weighted by molar-refractivity contribution is -0.128. The largest absolute Gasteiger partial charge is 0.449 e. The lowest BCUT2D eigenvalue weighted by atomic mass is 10.2. The Kier molecular flexibility index (Phi) is 7.13. The summed E-state index contributed by atoms with van der Waals surface area (Å²) in [6.07, 6.45) is 0.725. The van der Waals surface area contributed by atoms with Crippen LogP contribution in [0.1, 0.15) is 37.0 Å². The van der Waals surface area contributed by atoms with Gasteiger partial charge in [-0.05, 0) is 51.0 Å². The van der Waals surface area contributed by atoms with Crippen molar-refractivity contribution in [1.82, 2.24) is 10.0 Å². The van der Waals surface area contributed by atoms with Crippen molar-refractivity contribution in [2.75, 3.05) is 19.7 Å². The number of benzene rings is 1. The van der Waals surface area contributed by atoms with Crippen LogP contribution in [0.5, 0.6) is 0 Å². The van der Waals surface area contributed by atoms with E-state index in [1.165, 1.54) is 31.2 Å². The van der Waals surface area contributed by atoms with Gasteiger partial charge >= 0.3 is 5.97 Å². The van der Waals surface area contributed by atoms with E-state index >= 15 is 0 Å². The third-order valence-electron chi connectivity index (χ3n) is 3.93. The molecule has 0 aromatic heterocycles. The van der Waals surface area contributed by atoms with Crippen LogP contribution in [-0.2, 0) is 24.3 Å². The van der Waals surface area contributed by atoms with Gasteiger partial charge in [-0.2, -0.15) is 0 Å². The first-order valence-electron chi connectivity index (χ1n) is 8.53. The fourth-order valence-electron chi connectivity index (χ4n) is 2.46. The lowest BCUT2D eigenvalue weighted by Gasteiger charge is -2.13. The summed E-state index contributed by atoms with van der Waals surface area (Å²) in [5, 5.41) is 2.55. The molecule has 8 nitrogen and oxygen atoms in total. The van der Waals surface area contributed by atoms with Gasteiger partial charge in [-0.25, -0.2) is 17.9 Å². The van der Waals surface area contributed by atoms with Crippen molar-refractivity contribution in [2.24, 2.45) is 0 Å². The number of sulfonamides is 1. The summed E-state index contributed by atoms with van der Waals surface area (Å²) in [5.41, 5.74) is 0.166. The van der Waals surface area contributed by atoms with Gasteiger partial charge in [0.1, 0.15) is 0 Å². The minimum absolute atomic E-state index is 0.0452. The second kappa shape index (κ2) is 9.11. The SMILES string of the molecule is CCNC(=O)[C@H](C)OC(=O)c1ccc(S(=O)(=O)NC[C@H]2CCCO2)cc1. The first kappa shape index (κ1) is 20.3. The molecule has 1 fully saturated rings. The van der Waals surface area contributed by atoms with Crippen molar-refractivity contribution in [3.8, 4) is 0 Å². The van der Waals surface area contributed by atoms with E-state index in [1.807, 2.05) is 0 Å². The molecule has 1 saturated heterocycles. The summed E-state index contributed by atoms with van der Waals surface area (Å²) in [4.78, 5) is 23.7. The molecule has 144 valence electrons. The Bertz CT molecular complexity index is 726. The zero-order valence-electron chi connectivity index (χ0n) is 14.9. The van der Waals surface area contributed by atoms with E-state index in [1.54, 1.807) is 6.92 Å². The average molecular weight is 384 g/mol. The first-order chi connectivity index (χ1) is 12.3. The smallest absolute Gasteiger partial charge is 0.338 e. The zero-order chi connectivity index (χ0) is 19.2. The van der Waals surface area contributed by atoms with Crippen LogP contribution in [0.15, 0.2) is 29.2 Å². The molecule has 26 heavy (non-hydrogen) atoms. The van der Waals surface area contributed by atoms with E-state index in [2.05, 4.69) is 10.0 Å². The molecule has 0 unspecified atom stereocenters. The fourth-order valence-corrected chi connectivity index (χ4v) is 3.53. The Hall–Kier alpha value is -1.97. The number of nitrogens with one attached hydrogen (secondary N) is 2. The Labute approximate surface area is 153 Å². The molecule has 1 aromatic rings. The molecule has 2 N–H and O–H groups in total. The minimum atomic E-state index is -3.68. The number of likely N-dealkylation sites (N-methyl/N-ethyl adjacent to an activating group) is 1. The second-order valence-electron chi connectivity index (χ2n) is 5.95. The molecule has 0 spiro atoms. The number of esters is 1. The van der Waals surface area contributed by atoms with Crippen LogP contribution in [-0.4, -0.2) is 52.2 Å². The first-order valence-corrected chi connectivity index (χ1v) is 10.0. The predicted molar refractivity (Wildman–Crippen MR) is 94.2 cm³/mol. The Morgan fingerprint density at radius 3 is 2.58 bits per heavy atom. The maximum Gasteiger partial charge on any atom is 0.338 e. The molecule has 0 radical (unpaired) electrons. The molecule has 1 aromatic carbocycles. The summed E-state index contributed by atoms with van der Waals surface area (Å²) in [6.45, 7) is 4.54. The average Bonchev–Trinajstić information content (AvgIpc) is 3.14. The highest BCUT2D eigenvalue weighted by atomic mass is 32.2. The van der Waals surface area contributed by atoms with E-state index in [-0.39, 0.29) is 23.1 Å². The standard InChI is InChI=1S/C17H24N2O6S/c1-3-18-16(20)12(2)25-17(21)13-6-8-15(9-7-13)26(22,23)19-11-14-5-4-10-24-14/h6-9,12,14,19H,3-5,10-11H2,1-2H3,(H,18,20)/t12-,14+/m0/s1. The van der Waals surface area contributed by atoms with E-state index < -0.39 is 28.0 Å². The van der Waals surface area contributed by atoms with Crippen molar-refractivity contribution in [2.45, 2.75) is 43.8 Å². The molecule has 1 heterocycles. The van der Waals surface area contributed by atoms with Crippen molar-refractivity contribution in [1.29, 1.82) is 0 Å². The van der Waals surface area contributed by atoms with E-state index in [0.29, 0.717) is 13.2 Å².